The average molecular weight is 232 g/mol. The van der Waals surface area contributed by atoms with Gasteiger partial charge in [-0.25, -0.2) is 4.68 Å². The van der Waals surface area contributed by atoms with Gasteiger partial charge in [-0.1, -0.05) is 5.21 Å². The van der Waals surface area contributed by atoms with Crippen molar-refractivity contribution >= 4 is 5.82 Å². The minimum atomic E-state index is 0.386. The van der Waals surface area contributed by atoms with Gasteiger partial charge in [-0.15, -0.1) is 5.10 Å². The summed E-state index contributed by atoms with van der Waals surface area (Å²) in [7, 11) is 0. The van der Waals surface area contributed by atoms with Crippen molar-refractivity contribution in [3.8, 4) is 17.2 Å². The van der Waals surface area contributed by atoms with Gasteiger partial charge in [0.1, 0.15) is 0 Å². The minimum absolute atomic E-state index is 0.386. The lowest BCUT2D eigenvalue weighted by Crippen LogP contribution is -1.98. The van der Waals surface area contributed by atoms with E-state index in [0.29, 0.717) is 19.0 Å². The van der Waals surface area contributed by atoms with E-state index in [9.17, 15) is 0 Å². The zero-order chi connectivity index (χ0) is 11.7. The van der Waals surface area contributed by atoms with Gasteiger partial charge in [-0.05, 0) is 12.1 Å². The fourth-order valence-corrected chi connectivity index (χ4v) is 1.70. The third kappa shape index (κ3) is 1.89. The number of benzene rings is 1. The number of rotatable bonds is 1. The number of anilines is 1. The van der Waals surface area contributed by atoms with Gasteiger partial charge in [0.25, 0.3) is 0 Å². The predicted molar refractivity (Wildman–Crippen MR) is 61.4 cm³/mol. The van der Waals surface area contributed by atoms with Gasteiger partial charge in [-0.3, -0.25) is 0 Å². The second-order valence-electron chi connectivity index (χ2n) is 3.77. The number of nitrogens with two attached hydrogens (primary N) is 1. The molecule has 1 aromatic carbocycles. The molecule has 2 heterocycles. The summed E-state index contributed by atoms with van der Waals surface area (Å²) in [6, 6.07) is 5.63. The summed E-state index contributed by atoms with van der Waals surface area (Å²) < 4.78 is 12.8. The monoisotopic (exact) mass is 232 g/mol. The number of fused-ring (bicyclic) bond motifs is 1. The highest BCUT2D eigenvalue weighted by molar-refractivity contribution is 5.49. The van der Waals surface area contributed by atoms with Crippen LogP contribution in [-0.2, 0) is 0 Å². The number of hydrogen-bond donors (Lipinski definition) is 1. The Balaban J connectivity index is 2.00. The average Bonchev–Trinajstić information content (AvgIpc) is 2.64. The number of nitrogen functional groups attached to an aromatic ring is 1. The van der Waals surface area contributed by atoms with Crippen molar-refractivity contribution in [3.05, 3.63) is 24.4 Å². The molecule has 0 bridgehead atoms. The molecule has 1 aromatic heterocycles. The normalized spacial score (nSPS) is 14.4. The SMILES string of the molecule is Nc1cn(-c2ccc3c(c2)OCCCO3)nn1. The summed E-state index contributed by atoms with van der Waals surface area (Å²) >= 11 is 0. The molecule has 88 valence electrons. The number of aromatic nitrogens is 3. The summed E-state index contributed by atoms with van der Waals surface area (Å²) in [5.41, 5.74) is 6.37. The van der Waals surface area contributed by atoms with Crippen molar-refractivity contribution in [3.63, 3.8) is 0 Å². The van der Waals surface area contributed by atoms with Crippen molar-refractivity contribution in [1.82, 2.24) is 15.0 Å². The Morgan fingerprint density at radius 3 is 2.76 bits per heavy atom. The lowest BCUT2D eigenvalue weighted by molar-refractivity contribution is 0.297. The van der Waals surface area contributed by atoms with Gasteiger partial charge in [0, 0.05) is 12.5 Å². The molecule has 1 aliphatic rings. The molecule has 0 aliphatic carbocycles. The first-order valence-electron chi connectivity index (χ1n) is 5.41. The molecule has 2 N–H and O–H groups in total. The standard InChI is InChI=1S/C11H12N4O2/c12-11-7-15(14-13-11)8-2-3-9-10(6-8)17-5-1-4-16-9/h2-3,6-7H,1,4-5,12H2. The van der Waals surface area contributed by atoms with Gasteiger partial charge >= 0.3 is 0 Å². The molecule has 6 nitrogen and oxygen atoms in total. The van der Waals surface area contributed by atoms with Crippen molar-refractivity contribution < 1.29 is 9.47 Å². The van der Waals surface area contributed by atoms with E-state index in [1.54, 1.807) is 10.9 Å². The Bertz CT molecular complexity index is 538. The molecule has 17 heavy (non-hydrogen) atoms. The quantitative estimate of drug-likeness (QED) is 0.794. The first-order chi connectivity index (χ1) is 8.33. The summed E-state index contributed by atoms with van der Waals surface area (Å²) in [6.45, 7) is 1.35. The molecule has 0 amide bonds. The molecule has 0 saturated carbocycles. The van der Waals surface area contributed by atoms with Gasteiger partial charge in [0.05, 0.1) is 25.1 Å². The Labute approximate surface area is 97.9 Å². The molecule has 6 heteroatoms. The smallest absolute Gasteiger partial charge is 0.166 e. The lowest BCUT2D eigenvalue weighted by atomic mass is 10.3. The summed E-state index contributed by atoms with van der Waals surface area (Å²) in [4.78, 5) is 0. The molecule has 0 fully saturated rings. The topological polar surface area (TPSA) is 75.2 Å². The zero-order valence-electron chi connectivity index (χ0n) is 9.17. The van der Waals surface area contributed by atoms with Crippen LogP contribution in [0.2, 0.25) is 0 Å². The fourth-order valence-electron chi connectivity index (χ4n) is 1.70. The fraction of sp³-hybridized carbons (Fsp3) is 0.273. The van der Waals surface area contributed by atoms with Gasteiger partial charge in [0.2, 0.25) is 0 Å². The molecule has 0 unspecified atom stereocenters. The predicted octanol–water partition coefficient (Wildman–Crippen LogP) is 1.01. The number of hydrogen-bond acceptors (Lipinski definition) is 5. The highest BCUT2D eigenvalue weighted by Gasteiger charge is 2.11. The maximum absolute atomic E-state index is 5.60. The first-order valence-corrected chi connectivity index (χ1v) is 5.41. The van der Waals surface area contributed by atoms with Crippen LogP contribution in [0.4, 0.5) is 5.82 Å². The van der Waals surface area contributed by atoms with Crippen molar-refractivity contribution in [2.24, 2.45) is 0 Å². The first kappa shape index (κ1) is 9.95. The van der Waals surface area contributed by atoms with Gasteiger partial charge < -0.3 is 15.2 Å². The minimum Gasteiger partial charge on any atom is -0.490 e. The maximum atomic E-state index is 5.60. The van der Waals surface area contributed by atoms with E-state index in [1.807, 2.05) is 18.2 Å². The lowest BCUT2D eigenvalue weighted by Gasteiger charge is -2.08. The van der Waals surface area contributed by atoms with Crippen LogP contribution >= 0.6 is 0 Å². The zero-order valence-corrected chi connectivity index (χ0v) is 9.17. The molecule has 0 saturated heterocycles. The second kappa shape index (κ2) is 3.97. The van der Waals surface area contributed by atoms with Crippen LogP contribution in [0.1, 0.15) is 6.42 Å². The maximum Gasteiger partial charge on any atom is 0.166 e. The van der Waals surface area contributed by atoms with Crippen molar-refractivity contribution in [1.29, 1.82) is 0 Å². The van der Waals surface area contributed by atoms with Crippen LogP contribution in [0, 0.1) is 0 Å². The van der Waals surface area contributed by atoms with Gasteiger partial charge in [-0.2, -0.15) is 0 Å². The summed E-state index contributed by atoms with van der Waals surface area (Å²) in [6.07, 6.45) is 2.54. The van der Waals surface area contributed by atoms with Crippen LogP contribution in [0.15, 0.2) is 24.4 Å². The Kier molecular flexibility index (Phi) is 2.32. The van der Waals surface area contributed by atoms with Crippen LogP contribution in [0.3, 0.4) is 0 Å². The van der Waals surface area contributed by atoms with E-state index in [0.717, 1.165) is 23.6 Å². The van der Waals surface area contributed by atoms with Crippen LogP contribution in [-0.4, -0.2) is 28.2 Å². The molecular weight excluding hydrogens is 220 g/mol. The van der Waals surface area contributed by atoms with E-state index in [1.165, 1.54) is 0 Å². The summed E-state index contributed by atoms with van der Waals surface area (Å²) in [5.74, 6) is 1.88. The molecular formula is C11H12N4O2. The largest absolute Gasteiger partial charge is 0.490 e. The molecule has 0 atom stereocenters. The number of ether oxygens (including phenoxy) is 2. The summed E-state index contributed by atoms with van der Waals surface area (Å²) in [5, 5.41) is 7.65. The molecule has 0 radical (unpaired) electrons. The highest BCUT2D eigenvalue weighted by atomic mass is 16.5. The molecule has 2 aromatic rings. The second-order valence-corrected chi connectivity index (χ2v) is 3.77. The third-order valence-electron chi connectivity index (χ3n) is 2.51. The molecule has 3 rings (SSSR count). The van der Waals surface area contributed by atoms with Crippen LogP contribution in [0.5, 0.6) is 11.5 Å². The Hall–Kier alpha value is -2.24. The third-order valence-corrected chi connectivity index (χ3v) is 2.51. The van der Waals surface area contributed by atoms with E-state index in [-0.39, 0.29) is 0 Å². The molecule has 1 aliphatic heterocycles. The van der Waals surface area contributed by atoms with E-state index < -0.39 is 0 Å². The van der Waals surface area contributed by atoms with E-state index >= 15 is 0 Å². The Morgan fingerprint density at radius 2 is 2.00 bits per heavy atom. The van der Waals surface area contributed by atoms with Gasteiger partial charge in [0.15, 0.2) is 17.3 Å². The van der Waals surface area contributed by atoms with E-state index in [2.05, 4.69) is 10.3 Å². The Morgan fingerprint density at radius 1 is 1.18 bits per heavy atom. The van der Waals surface area contributed by atoms with Crippen molar-refractivity contribution in [2.75, 3.05) is 18.9 Å². The van der Waals surface area contributed by atoms with Crippen molar-refractivity contribution in [2.45, 2.75) is 6.42 Å². The van der Waals surface area contributed by atoms with E-state index in [4.69, 9.17) is 15.2 Å². The highest BCUT2D eigenvalue weighted by Crippen LogP contribution is 2.31. The van der Waals surface area contributed by atoms with Crippen LogP contribution < -0.4 is 15.2 Å². The molecule has 0 spiro atoms. The number of nitrogens with zero attached hydrogens (tertiary/aromatic N) is 3. The van der Waals surface area contributed by atoms with Crippen LogP contribution in [0.25, 0.3) is 5.69 Å².